The van der Waals surface area contributed by atoms with Gasteiger partial charge in [-0.25, -0.2) is 0 Å². The summed E-state index contributed by atoms with van der Waals surface area (Å²) in [5.41, 5.74) is 7.50. The molecule has 1 aliphatic heterocycles. The molecule has 0 spiro atoms. The lowest BCUT2D eigenvalue weighted by atomic mass is 10.0. The van der Waals surface area contributed by atoms with Gasteiger partial charge in [-0.3, -0.25) is 14.3 Å². The van der Waals surface area contributed by atoms with Crippen LogP contribution in [-0.4, -0.2) is 45.6 Å². The van der Waals surface area contributed by atoms with Crippen LogP contribution in [0.25, 0.3) is 0 Å². The summed E-state index contributed by atoms with van der Waals surface area (Å²) in [6, 6.07) is 0.159. The monoisotopic (exact) mass is 293 g/mol. The molecular formula is C14H23N5O2. The predicted octanol–water partition coefficient (Wildman–Crippen LogP) is 0.442. The molecule has 2 rings (SSSR count). The third kappa shape index (κ3) is 3.17. The Kier molecular flexibility index (Phi) is 4.50. The van der Waals surface area contributed by atoms with Crippen LogP contribution in [-0.2, 0) is 11.8 Å². The Morgan fingerprint density at radius 3 is 2.48 bits per heavy atom. The minimum atomic E-state index is -0.0872. The van der Waals surface area contributed by atoms with Gasteiger partial charge in [0, 0.05) is 32.6 Å². The number of anilines is 1. The number of nitrogens with zero attached hydrogens (tertiary/aromatic N) is 3. The van der Waals surface area contributed by atoms with Crippen molar-refractivity contribution in [3.8, 4) is 0 Å². The first-order valence-corrected chi connectivity index (χ1v) is 7.31. The zero-order chi connectivity index (χ0) is 15.6. The number of hydrogen-bond donors (Lipinski definition) is 2. The molecule has 7 nitrogen and oxygen atoms in total. The number of amides is 2. The van der Waals surface area contributed by atoms with Crippen molar-refractivity contribution in [2.75, 3.05) is 18.8 Å². The van der Waals surface area contributed by atoms with Gasteiger partial charge in [0.05, 0.1) is 11.4 Å². The molecule has 1 fully saturated rings. The third-order valence-electron chi connectivity index (χ3n) is 3.94. The maximum atomic E-state index is 12.5. The molecule has 0 saturated carbocycles. The van der Waals surface area contributed by atoms with Gasteiger partial charge in [-0.2, -0.15) is 5.10 Å². The molecule has 0 bridgehead atoms. The van der Waals surface area contributed by atoms with E-state index >= 15 is 0 Å². The number of rotatable bonds is 3. The number of likely N-dealkylation sites (tertiary alicyclic amines) is 1. The smallest absolute Gasteiger partial charge is 0.274 e. The average molecular weight is 293 g/mol. The predicted molar refractivity (Wildman–Crippen MR) is 79.7 cm³/mol. The van der Waals surface area contributed by atoms with Crippen LogP contribution in [0.2, 0.25) is 0 Å². The molecule has 0 aliphatic carbocycles. The lowest BCUT2D eigenvalue weighted by Crippen LogP contribution is -2.46. The standard InChI is InChI=1S/C14H23N5O2/c1-4-11(20)16-10-5-7-19(8-6-10)14(21)13-12(15)9(2)17-18(13)3/h10H,4-8,15H2,1-3H3,(H,16,20). The summed E-state index contributed by atoms with van der Waals surface area (Å²) in [6.07, 6.45) is 2.03. The molecule has 0 atom stereocenters. The molecule has 0 unspecified atom stereocenters. The minimum Gasteiger partial charge on any atom is -0.395 e. The summed E-state index contributed by atoms with van der Waals surface area (Å²) >= 11 is 0. The number of nitrogens with two attached hydrogens (primary N) is 1. The maximum absolute atomic E-state index is 12.5. The van der Waals surface area contributed by atoms with Gasteiger partial charge in [0.15, 0.2) is 0 Å². The second kappa shape index (κ2) is 6.15. The van der Waals surface area contributed by atoms with Crippen LogP contribution in [0.4, 0.5) is 5.69 Å². The number of nitrogens with one attached hydrogen (secondary N) is 1. The zero-order valence-electron chi connectivity index (χ0n) is 12.8. The van der Waals surface area contributed by atoms with Crippen LogP contribution < -0.4 is 11.1 Å². The summed E-state index contributed by atoms with van der Waals surface area (Å²) in [5, 5.41) is 7.15. The fourth-order valence-electron chi connectivity index (χ4n) is 2.63. The summed E-state index contributed by atoms with van der Waals surface area (Å²) in [5.74, 6) is -0.0258. The van der Waals surface area contributed by atoms with Crippen LogP contribution >= 0.6 is 0 Å². The Labute approximate surface area is 124 Å². The number of carbonyl (C=O) groups is 2. The van der Waals surface area contributed by atoms with Gasteiger partial charge in [-0.05, 0) is 19.8 Å². The van der Waals surface area contributed by atoms with Crippen molar-refractivity contribution in [2.24, 2.45) is 7.05 Å². The van der Waals surface area contributed by atoms with E-state index in [1.54, 1.807) is 18.9 Å². The van der Waals surface area contributed by atoms with E-state index < -0.39 is 0 Å². The second-order valence-electron chi connectivity index (χ2n) is 5.46. The van der Waals surface area contributed by atoms with Gasteiger partial charge >= 0.3 is 0 Å². The third-order valence-corrected chi connectivity index (χ3v) is 3.94. The molecule has 7 heteroatoms. The van der Waals surface area contributed by atoms with Gasteiger partial charge in [0.25, 0.3) is 5.91 Å². The molecular weight excluding hydrogens is 270 g/mol. The fourth-order valence-corrected chi connectivity index (χ4v) is 2.63. The van der Waals surface area contributed by atoms with E-state index in [9.17, 15) is 9.59 Å². The number of hydrogen-bond acceptors (Lipinski definition) is 4. The van der Waals surface area contributed by atoms with Crippen molar-refractivity contribution >= 4 is 17.5 Å². The highest BCUT2D eigenvalue weighted by Crippen LogP contribution is 2.20. The SMILES string of the molecule is CCC(=O)NC1CCN(C(=O)c2c(N)c(C)nn2C)CC1. The highest BCUT2D eigenvalue weighted by molar-refractivity contribution is 5.98. The zero-order valence-corrected chi connectivity index (χ0v) is 12.8. The van der Waals surface area contributed by atoms with Gasteiger partial charge in [-0.1, -0.05) is 6.92 Å². The largest absolute Gasteiger partial charge is 0.395 e. The fraction of sp³-hybridized carbons (Fsp3) is 0.643. The van der Waals surface area contributed by atoms with Crippen LogP contribution in [0.15, 0.2) is 0 Å². The Morgan fingerprint density at radius 2 is 2.00 bits per heavy atom. The molecule has 3 N–H and O–H groups in total. The summed E-state index contributed by atoms with van der Waals surface area (Å²) in [7, 11) is 1.73. The molecule has 1 saturated heterocycles. The number of aromatic nitrogens is 2. The van der Waals surface area contributed by atoms with E-state index in [0.29, 0.717) is 36.6 Å². The molecule has 1 aromatic heterocycles. The average Bonchev–Trinajstić information content (AvgIpc) is 2.72. The van der Waals surface area contributed by atoms with Crippen LogP contribution in [0.5, 0.6) is 0 Å². The van der Waals surface area contributed by atoms with Crippen molar-refractivity contribution in [1.29, 1.82) is 0 Å². The van der Waals surface area contributed by atoms with E-state index in [1.807, 2.05) is 6.92 Å². The molecule has 116 valence electrons. The van der Waals surface area contributed by atoms with Crippen molar-refractivity contribution in [3.05, 3.63) is 11.4 Å². The lowest BCUT2D eigenvalue weighted by Gasteiger charge is -2.32. The number of nitrogen functional groups attached to an aromatic ring is 1. The van der Waals surface area contributed by atoms with Crippen molar-refractivity contribution in [1.82, 2.24) is 20.0 Å². The maximum Gasteiger partial charge on any atom is 0.274 e. The highest BCUT2D eigenvalue weighted by atomic mass is 16.2. The van der Waals surface area contributed by atoms with Crippen LogP contribution in [0, 0.1) is 6.92 Å². The number of piperidine rings is 1. The van der Waals surface area contributed by atoms with Gasteiger partial charge in [0.2, 0.25) is 5.91 Å². The normalized spacial score (nSPS) is 16.0. The Morgan fingerprint density at radius 1 is 1.38 bits per heavy atom. The Hall–Kier alpha value is -2.05. The minimum absolute atomic E-state index is 0.0614. The van der Waals surface area contributed by atoms with Crippen molar-refractivity contribution in [2.45, 2.75) is 39.2 Å². The molecule has 0 aromatic carbocycles. The van der Waals surface area contributed by atoms with E-state index in [4.69, 9.17) is 5.73 Å². The summed E-state index contributed by atoms with van der Waals surface area (Å²) < 4.78 is 1.54. The quantitative estimate of drug-likeness (QED) is 0.845. The lowest BCUT2D eigenvalue weighted by molar-refractivity contribution is -0.121. The van der Waals surface area contributed by atoms with Gasteiger partial charge in [0.1, 0.15) is 5.69 Å². The summed E-state index contributed by atoms with van der Waals surface area (Å²) in [6.45, 7) is 4.87. The first-order valence-electron chi connectivity index (χ1n) is 7.31. The van der Waals surface area contributed by atoms with E-state index in [-0.39, 0.29) is 17.9 Å². The van der Waals surface area contributed by atoms with E-state index in [0.717, 1.165) is 12.8 Å². The van der Waals surface area contributed by atoms with Crippen molar-refractivity contribution < 1.29 is 9.59 Å². The van der Waals surface area contributed by atoms with Crippen LogP contribution in [0.3, 0.4) is 0 Å². The van der Waals surface area contributed by atoms with Gasteiger partial charge in [-0.15, -0.1) is 0 Å². The first kappa shape index (κ1) is 15.3. The van der Waals surface area contributed by atoms with Crippen LogP contribution in [0.1, 0.15) is 42.4 Å². The number of carbonyl (C=O) groups excluding carboxylic acids is 2. The Bertz CT molecular complexity index is 544. The molecule has 2 amide bonds. The number of aryl methyl sites for hydroxylation is 2. The molecule has 1 aliphatic rings. The topological polar surface area (TPSA) is 93.2 Å². The van der Waals surface area contributed by atoms with Gasteiger partial charge < -0.3 is 16.0 Å². The summed E-state index contributed by atoms with van der Waals surface area (Å²) in [4.78, 5) is 25.7. The van der Waals surface area contributed by atoms with E-state index in [1.165, 1.54) is 4.68 Å². The first-order chi connectivity index (χ1) is 9.93. The van der Waals surface area contributed by atoms with E-state index in [2.05, 4.69) is 10.4 Å². The highest BCUT2D eigenvalue weighted by Gasteiger charge is 2.28. The second-order valence-corrected chi connectivity index (χ2v) is 5.46. The molecule has 1 aromatic rings. The molecule has 0 radical (unpaired) electrons. The molecule has 21 heavy (non-hydrogen) atoms. The van der Waals surface area contributed by atoms with Crippen molar-refractivity contribution in [3.63, 3.8) is 0 Å². The molecule has 2 heterocycles. The Balaban J connectivity index is 1.99.